The van der Waals surface area contributed by atoms with E-state index in [2.05, 4.69) is 4.90 Å². The minimum atomic E-state index is 0.296. The monoisotopic (exact) mass is 339 g/mol. The summed E-state index contributed by atoms with van der Waals surface area (Å²) in [6.07, 6.45) is 15.5. The van der Waals surface area contributed by atoms with E-state index in [1.165, 1.54) is 51.4 Å². The molecule has 1 aliphatic heterocycles. The minimum absolute atomic E-state index is 0.296. The number of piperidine rings is 1. The summed E-state index contributed by atoms with van der Waals surface area (Å²) >= 11 is 6.15. The zero-order valence-corrected chi connectivity index (χ0v) is 15.4. The Kier molecular flexibility index (Phi) is 6.83. The molecule has 1 heterocycles. The van der Waals surface area contributed by atoms with E-state index in [1.54, 1.807) is 0 Å². The molecule has 2 aliphatic carbocycles. The van der Waals surface area contributed by atoms with E-state index in [9.17, 15) is 4.79 Å². The van der Waals surface area contributed by atoms with Gasteiger partial charge in [-0.3, -0.25) is 9.69 Å². The van der Waals surface area contributed by atoms with Crippen molar-refractivity contribution in [3.05, 3.63) is 0 Å². The number of hydrogen-bond donors (Lipinski definition) is 0. The Morgan fingerprint density at radius 1 is 0.826 bits per heavy atom. The summed E-state index contributed by atoms with van der Waals surface area (Å²) in [6, 6.07) is 0. The molecule has 3 rings (SSSR count). The number of carbonyl (C=O) groups excluding carboxylic acids is 1. The number of nitrogens with zero attached hydrogens (tertiary/aromatic N) is 1. The Balaban J connectivity index is 1.34. The van der Waals surface area contributed by atoms with E-state index >= 15 is 0 Å². The molecule has 0 amide bonds. The molecule has 0 atom stereocenters. The van der Waals surface area contributed by atoms with Crippen LogP contribution in [0.15, 0.2) is 0 Å². The molecule has 3 heteroatoms. The summed E-state index contributed by atoms with van der Waals surface area (Å²) in [7, 11) is 0. The van der Waals surface area contributed by atoms with Crippen LogP contribution in [-0.4, -0.2) is 35.7 Å². The highest BCUT2D eigenvalue weighted by Gasteiger charge is 2.28. The Hall–Kier alpha value is -0.0800. The van der Waals surface area contributed by atoms with Gasteiger partial charge < -0.3 is 0 Å². The molecular weight excluding hydrogens is 306 g/mol. The average molecular weight is 340 g/mol. The van der Waals surface area contributed by atoms with E-state index in [1.807, 2.05) is 0 Å². The van der Waals surface area contributed by atoms with Crippen LogP contribution in [-0.2, 0) is 4.79 Å². The van der Waals surface area contributed by atoms with Crippen LogP contribution in [0.3, 0.4) is 0 Å². The fourth-order valence-corrected chi connectivity index (χ4v) is 5.25. The number of halogens is 1. The highest BCUT2D eigenvalue weighted by molar-refractivity contribution is 6.20. The molecule has 0 aromatic carbocycles. The first-order valence-corrected chi connectivity index (χ1v) is 10.5. The second kappa shape index (κ2) is 8.85. The highest BCUT2D eigenvalue weighted by atomic mass is 35.5. The van der Waals surface area contributed by atoms with Gasteiger partial charge in [0.05, 0.1) is 6.54 Å². The van der Waals surface area contributed by atoms with Crippen LogP contribution in [0.2, 0.25) is 0 Å². The number of carbonyl (C=O) groups is 1. The van der Waals surface area contributed by atoms with Gasteiger partial charge in [-0.25, -0.2) is 0 Å². The predicted octanol–water partition coefficient (Wildman–Crippen LogP) is 5.04. The van der Waals surface area contributed by atoms with Crippen molar-refractivity contribution in [2.45, 2.75) is 82.4 Å². The van der Waals surface area contributed by atoms with Gasteiger partial charge in [-0.1, -0.05) is 32.1 Å². The first-order chi connectivity index (χ1) is 11.2. The van der Waals surface area contributed by atoms with E-state index in [-0.39, 0.29) is 0 Å². The van der Waals surface area contributed by atoms with Crippen molar-refractivity contribution in [3.8, 4) is 0 Å². The summed E-state index contributed by atoms with van der Waals surface area (Å²) in [6.45, 7) is 3.00. The molecule has 1 saturated heterocycles. The van der Waals surface area contributed by atoms with Gasteiger partial charge in [0.1, 0.15) is 5.78 Å². The summed E-state index contributed by atoms with van der Waals surface area (Å²) in [5, 5.41) is 0.314. The molecule has 0 radical (unpaired) electrons. The van der Waals surface area contributed by atoms with E-state index in [4.69, 9.17) is 11.6 Å². The lowest BCUT2D eigenvalue weighted by molar-refractivity contribution is -0.125. The van der Waals surface area contributed by atoms with Crippen LogP contribution < -0.4 is 0 Å². The Morgan fingerprint density at radius 2 is 1.43 bits per heavy atom. The molecule has 0 bridgehead atoms. The maximum atomic E-state index is 12.5. The summed E-state index contributed by atoms with van der Waals surface area (Å²) in [5.41, 5.74) is 0. The van der Waals surface area contributed by atoms with Gasteiger partial charge in [0.25, 0.3) is 0 Å². The highest BCUT2D eigenvalue weighted by Crippen LogP contribution is 2.33. The SMILES string of the molecule is O=C(CN1CCC(CC2CCCCC2)CC1)C1CCC(Cl)CC1. The topological polar surface area (TPSA) is 20.3 Å². The fourth-order valence-electron chi connectivity index (χ4n) is 5.00. The van der Waals surface area contributed by atoms with Crippen LogP contribution in [0, 0.1) is 17.8 Å². The summed E-state index contributed by atoms with van der Waals surface area (Å²) in [5.74, 6) is 2.72. The second-order valence-corrected chi connectivity index (χ2v) is 8.99. The number of ketones is 1. The van der Waals surface area contributed by atoms with Gasteiger partial charge in [0, 0.05) is 11.3 Å². The number of likely N-dealkylation sites (tertiary alicyclic amines) is 1. The van der Waals surface area contributed by atoms with Gasteiger partial charge in [-0.15, -0.1) is 11.6 Å². The second-order valence-electron chi connectivity index (χ2n) is 8.37. The molecule has 0 unspecified atom stereocenters. The van der Waals surface area contributed by atoms with Crippen molar-refractivity contribution in [1.82, 2.24) is 4.90 Å². The Bertz CT molecular complexity index is 364. The van der Waals surface area contributed by atoms with Gasteiger partial charge in [0.2, 0.25) is 0 Å². The van der Waals surface area contributed by atoms with Gasteiger partial charge in [0.15, 0.2) is 0 Å². The number of rotatable bonds is 5. The van der Waals surface area contributed by atoms with E-state index < -0.39 is 0 Å². The third kappa shape index (κ3) is 5.46. The molecule has 3 aliphatic rings. The molecule has 2 nitrogen and oxygen atoms in total. The Labute approximate surface area is 147 Å². The molecule has 0 aromatic heterocycles. The lowest BCUT2D eigenvalue weighted by atomic mass is 9.79. The standard InChI is InChI=1S/C20H34ClNO/c21-19-8-6-18(7-9-19)20(23)15-22-12-10-17(11-13-22)14-16-4-2-1-3-5-16/h16-19H,1-15H2. The van der Waals surface area contributed by atoms with Crippen LogP contribution >= 0.6 is 11.6 Å². The smallest absolute Gasteiger partial charge is 0.149 e. The fraction of sp³-hybridized carbons (Fsp3) is 0.950. The quantitative estimate of drug-likeness (QED) is 0.654. The maximum Gasteiger partial charge on any atom is 0.149 e. The average Bonchev–Trinajstić information content (AvgIpc) is 2.58. The van der Waals surface area contributed by atoms with Crippen molar-refractivity contribution in [2.24, 2.45) is 17.8 Å². The number of Topliss-reactive ketones (excluding diaryl/α,β-unsaturated/α-hetero) is 1. The van der Waals surface area contributed by atoms with E-state index in [0.29, 0.717) is 23.6 Å². The van der Waals surface area contributed by atoms with Gasteiger partial charge >= 0.3 is 0 Å². The van der Waals surface area contributed by atoms with Crippen LogP contribution in [0.1, 0.15) is 77.0 Å². The third-order valence-corrected chi connectivity index (χ3v) is 7.03. The molecule has 132 valence electrons. The van der Waals surface area contributed by atoms with Crippen molar-refractivity contribution in [1.29, 1.82) is 0 Å². The first kappa shape index (κ1) is 17.7. The normalized spacial score (nSPS) is 32.0. The zero-order chi connectivity index (χ0) is 16.1. The van der Waals surface area contributed by atoms with Crippen molar-refractivity contribution in [2.75, 3.05) is 19.6 Å². The first-order valence-electron chi connectivity index (χ1n) is 10.1. The Morgan fingerprint density at radius 3 is 2.09 bits per heavy atom. The summed E-state index contributed by atoms with van der Waals surface area (Å²) in [4.78, 5) is 14.9. The van der Waals surface area contributed by atoms with Gasteiger partial charge in [-0.05, 0) is 69.9 Å². The molecule has 23 heavy (non-hydrogen) atoms. The third-order valence-electron chi connectivity index (χ3n) is 6.59. The van der Waals surface area contributed by atoms with Crippen molar-refractivity contribution < 1.29 is 4.79 Å². The maximum absolute atomic E-state index is 12.5. The number of hydrogen-bond acceptors (Lipinski definition) is 2. The van der Waals surface area contributed by atoms with Gasteiger partial charge in [-0.2, -0.15) is 0 Å². The van der Waals surface area contributed by atoms with E-state index in [0.717, 1.165) is 50.6 Å². The lowest BCUT2D eigenvalue weighted by Crippen LogP contribution is -2.40. The molecule has 0 aromatic rings. The molecule has 0 spiro atoms. The lowest BCUT2D eigenvalue weighted by Gasteiger charge is -2.35. The molecule has 0 N–H and O–H groups in total. The zero-order valence-electron chi connectivity index (χ0n) is 14.6. The summed E-state index contributed by atoms with van der Waals surface area (Å²) < 4.78 is 0. The molecule has 2 saturated carbocycles. The van der Waals surface area contributed by atoms with Crippen LogP contribution in [0.25, 0.3) is 0 Å². The minimum Gasteiger partial charge on any atom is -0.298 e. The van der Waals surface area contributed by atoms with Crippen LogP contribution in [0.4, 0.5) is 0 Å². The largest absolute Gasteiger partial charge is 0.298 e. The van der Waals surface area contributed by atoms with Crippen molar-refractivity contribution >= 4 is 17.4 Å². The molecular formula is C20H34ClNO. The predicted molar refractivity (Wildman–Crippen MR) is 97.0 cm³/mol. The number of alkyl halides is 1. The van der Waals surface area contributed by atoms with Crippen molar-refractivity contribution in [3.63, 3.8) is 0 Å². The molecule has 3 fully saturated rings. The van der Waals surface area contributed by atoms with Crippen LogP contribution in [0.5, 0.6) is 0 Å².